The van der Waals surface area contributed by atoms with E-state index in [0.29, 0.717) is 12.6 Å². The first kappa shape index (κ1) is 14.3. The van der Waals surface area contributed by atoms with Crippen LogP contribution in [0.3, 0.4) is 0 Å². The summed E-state index contributed by atoms with van der Waals surface area (Å²) in [6, 6.07) is 0. The highest BCUT2D eigenvalue weighted by Crippen LogP contribution is 2.14. The van der Waals surface area contributed by atoms with Crippen LogP contribution in [-0.2, 0) is 4.74 Å². The molecule has 0 aromatic heterocycles. The van der Waals surface area contributed by atoms with Crippen LogP contribution in [0.5, 0.6) is 0 Å². The van der Waals surface area contributed by atoms with Crippen molar-refractivity contribution in [1.82, 2.24) is 9.80 Å². The minimum atomic E-state index is 0.461. The molecule has 0 spiro atoms. The van der Waals surface area contributed by atoms with Gasteiger partial charge in [-0.2, -0.15) is 0 Å². The monoisotopic (exact) mass is 255 g/mol. The Morgan fingerprint density at radius 1 is 0.944 bits per heavy atom. The zero-order chi connectivity index (χ0) is 12.6. The Hall–Kier alpha value is -0.160. The predicted molar refractivity (Wildman–Crippen MR) is 74.8 cm³/mol. The molecule has 2 aliphatic heterocycles. The first-order chi connectivity index (χ1) is 8.88. The van der Waals surface area contributed by atoms with Crippen LogP contribution in [-0.4, -0.2) is 68.3 Å². The zero-order valence-electron chi connectivity index (χ0n) is 11.6. The van der Waals surface area contributed by atoms with Gasteiger partial charge in [0.15, 0.2) is 0 Å². The molecule has 106 valence electrons. The lowest BCUT2D eigenvalue weighted by molar-refractivity contribution is 0.0110. The summed E-state index contributed by atoms with van der Waals surface area (Å²) in [5.41, 5.74) is 5.46. The third-order valence-corrected chi connectivity index (χ3v) is 4.15. The number of likely N-dealkylation sites (tertiary alicyclic amines) is 2. The molecule has 0 bridgehead atoms. The minimum Gasteiger partial charge on any atom is -0.377 e. The van der Waals surface area contributed by atoms with Gasteiger partial charge in [-0.3, -0.25) is 0 Å². The van der Waals surface area contributed by atoms with Crippen LogP contribution in [0.15, 0.2) is 0 Å². The fraction of sp³-hybridized carbons (Fsp3) is 1.00. The molecule has 2 rings (SSSR count). The van der Waals surface area contributed by atoms with Crippen LogP contribution in [0.2, 0.25) is 0 Å². The summed E-state index contributed by atoms with van der Waals surface area (Å²) in [6.45, 7) is 8.99. The number of rotatable bonds is 7. The van der Waals surface area contributed by atoms with Gasteiger partial charge in [-0.15, -0.1) is 0 Å². The van der Waals surface area contributed by atoms with Crippen molar-refractivity contribution >= 4 is 0 Å². The van der Waals surface area contributed by atoms with Gasteiger partial charge >= 0.3 is 0 Å². The molecule has 0 aromatic carbocycles. The lowest BCUT2D eigenvalue weighted by Crippen LogP contribution is -2.39. The quantitative estimate of drug-likeness (QED) is 0.734. The highest BCUT2D eigenvalue weighted by molar-refractivity contribution is 4.73. The number of hydrogen-bond donors (Lipinski definition) is 1. The molecule has 0 aromatic rings. The van der Waals surface area contributed by atoms with Crippen LogP contribution < -0.4 is 5.73 Å². The maximum absolute atomic E-state index is 5.71. The number of ether oxygens (including phenoxy) is 1. The average molecular weight is 255 g/mol. The van der Waals surface area contributed by atoms with Crippen molar-refractivity contribution in [2.24, 2.45) is 5.73 Å². The predicted octanol–water partition coefficient (Wildman–Crippen LogP) is 0.912. The molecule has 2 heterocycles. The molecular weight excluding hydrogens is 226 g/mol. The van der Waals surface area contributed by atoms with E-state index in [4.69, 9.17) is 10.5 Å². The Balaban J connectivity index is 1.50. The van der Waals surface area contributed by atoms with Crippen LogP contribution in [0.25, 0.3) is 0 Å². The first-order valence-corrected chi connectivity index (χ1v) is 7.65. The standard InChI is InChI=1S/C14H29N3O/c15-6-13-18-14-4-11-17(12-5-14)10-3-9-16-7-1-2-8-16/h14H,1-13,15H2. The highest BCUT2D eigenvalue weighted by Gasteiger charge is 2.19. The fourth-order valence-electron chi connectivity index (χ4n) is 3.06. The summed E-state index contributed by atoms with van der Waals surface area (Å²) in [5, 5.41) is 0. The number of nitrogens with two attached hydrogens (primary N) is 1. The van der Waals surface area contributed by atoms with Crippen molar-refractivity contribution in [2.45, 2.75) is 38.2 Å². The van der Waals surface area contributed by atoms with Gasteiger partial charge in [0.05, 0.1) is 12.7 Å². The SMILES string of the molecule is NCCOC1CCN(CCCN2CCCC2)CC1. The molecule has 0 aliphatic carbocycles. The van der Waals surface area contributed by atoms with Crippen molar-refractivity contribution in [2.75, 3.05) is 52.4 Å². The Labute approximate surface area is 111 Å². The van der Waals surface area contributed by atoms with Gasteiger partial charge in [0, 0.05) is 19.6 Å². The Kier molecular flexibility index (Phi) is 6.41. The van der Waals surface area contributed by atoms with E-state index < -0.39 is 0 Å². The number of piperidine rings is 1. The van der Waals surface area contributed by atoms with Gasteiger partial charge in [0.2, 0.25) is 0 Å². The molecule has 0 atom stereocenters. The Morgan fingerprint density at radius 3 is 2.17 bits per heavy atom. The second-order valence-electron chi connectivity index (χ2n) is 5.60. The normalized spacial score (nSPS) is 23.8. The van der Waals surface area contributed by atoms with Gasteiger partial charge in [-0.05, 0) is 58.3 Å². The summed E-state index contributed by atoms with van der Waals surface area (Å²) in [4.78, 5) is 5.20. The lowest BCUT2D eigenvalue weighted by Gasteiger charge is -2.32. The van der Waals surface area contributed by atoms with E-state index in [0.717, 1.165) is 6.61 Å². The third kappa shape index (κ3) is 4.84. The minimum absolute atomic E-state index is 0.461. The molecule has 4 heteroatoms. The molecular formula is C14H29N3O. The van der Waals surface area contributed by atoms with E-state index in [2.05, 4.69) is 9.80 Å². The van der Waals surface area contributed by atoms with Crippen molar-refractivity contribution in [3.8, 4) is 0 Å². The molecule has 0 saturated carbocycles. The molecule has 2 aliphatic rings. The molecule has 0 radical (unpaired) electrons. The lowest BCUT2D eigenvalue weighted by atomic mass is 10.1. The van der Waals surface area contributed by atoms with Gasteiger partial charge in [-0.25, -0.2) is 0 Å². The molecule has 0 unspecified atom stereocenters. The smallest absolute Gasteiger partial charge is 0.0600 e. The second-order valence-corrected chi connectivity index (χ2v) is 5.60. The first-order valence-electron chi connectivity index (χ1n) is 7.65. The maximum atomic E-state index is 5.71. The summed E-state index contributed by atoms with van der Waals surface area (Å²) in [6.07, 6.45) is 6.97. The molecule has 2 saturated heterocycles. The zero-order valence-corrected chi connectivity index (χ0v) is 11.6. The van der Waals surface area contributed by atoms with Crippen molar-refractivity contribution in [3.63, 3.8) is 0 Å². The topological polar surface area (TPSA) is 41.7 Å². The van der Waals surface area contributed by atoms with E-state index in [9.17, 15) is 0 Å². The fourth-order valence-corrected chi connectivity index (χ4v) is 3.06. The van der Waals surface area contributed by atoms with E-state index in [1.54, 1.807) is 0 Å². The summed E-state index contributed by atoms with van der Waals surface area (Å²) >= 11 is 0. The Morgan fingerprint density at radius 2 is 1.56 bits per heavy atom. The van der Waals surface area contributed by atoms with Crippen LogP contribution in [0.4, 0.5) is 0 Å². The number of hydrogen-bond acceptors (Lipinski definition) is 4. The molecule has 2 fully saturated rings. The van der Waals surface area contributed by atoms with E-state index in [-0.39, 0.29) is 0 Å². The number of nitrogens with zero attached hydrogens (tertiary/aromatic N) is 2. The van der Waals surface area contributed by atoms with E-state index in [1.807, 2.05) is 0 Å². The molecule has 4 nitrogen and oxygen atoms in total. The second kappa shape index (κ2) is 8.10. The van der Waals surface area contributed by atoms with Gasteiger partial charge in [0.1, 0.15) is 0 Å². The third-order valence-electron chi connectivity index (χ3n) is 4.15. The van der Waals surface area contributed by atoms with Gasteiger partial charge in [-0.1, -0.05) is 0 Å². The van der Waals surface area contributed by atoms with Crippen LogP contribution in [0.1, 0.15) is 32.1 Å². The largest absolute Gasteiger partial charge is 0.377 e. The summed E-state index contributed by atoms with van der Waals surface area (Å²) in [7, 11) is 0. The van der Waals surface area contributed by atoms with E-state index >= 15 is 0 Å². The van der Waals surface area contributed by atoms with Gasteiger partial charge < -0.3 is 20.3 Å². The molecule has 18 heavy (non-hydrogen) atoms. The highest BCUT2D eigenvalue weighted by atomic mass is 16.5. The summed E-state index contributed by atoms with van der Waals surface area (Å²) < 4.78 is 5.71. The van der Waals surface area contributed by atoms with Crippen LogP contribution >= 0.6 is 0 Å². The molecule has 2 N–H and O–H groups in total. The van der Waals surface area contributed by atoms with Crippen molar-refractivity contribution in [1.29, 1.82) is 0 Å². The van der Waals surface area contributed by atoms with E-state index in [1.165, 1.54) is 71.4 Å². The maximum Gasteiger partial charge on any atom is 0.0600 e. The van der Waals surface area contributed by atoms with Crippen molar-refractivity contribution in [3.05, 3.63) is 0 Å². The average Bonchev–Trinajstić information content (AvgIpc) is 2.91. The van der Waals surface area contributed by atoms with Crippen molar-refractivity contribution < 1.29 is 4.74 Å². The van der Waals surface area contributed by atoms with Crippen LogP contribution in [0, 0.1) is 0 Å². The summed E-state index contributed by atoms with van der Waals surface area (Å²) in [5.74, 6) is 0. The van der Waals surface area contributed by atoms with Gasteiger partial charge in [0.25, 0.3) is 0 Å². The molecule has 0 amide bonds. The Bertz CT molecular complexity index is 211.